The molecule has 3 rings (SSSR count). The maximum atomic E-state index is 13.8. The van der Waals surface area contributed by atoms with Crippen LogP contribution >= 0.6 is 34.5 Å². The van der Waals surface area contributed by atoms with Gasteiger partial charge in [-0.25, -0.2) is 9.37 Å². The predicted octanol–water partition coefficient (Wildman–Crippen LogP) is 5.24. The second kappa shape index (κ2) is 5.95. The highest BCUT2D eigenvalue weighted by atomic mass is 35.5. The Morgan fingerprint density at radius 2 is 2.19 bits per heavy atom. The number of hydrogen-bond donors (Lipinski definition) is 0. The maximum absolute atomic E-state index is 13.8. The third kappa shape index (κ3) is 2.68. The molecule has 0 amide bonds. The number of halogens is 3. The van der Waals surface area contributed by atoms with E-state index in [1.165, 1.54) is 16.5 Å². The number of thiophene rings is 1. The van der Waals surface area contributed by atoms with Crippen LogP contribution in [0.5, 0.6) is 0 Å². The molecule has 0 spiro atoms. The quantitative estimate of drug-likeness (QED) is 0.593. The molecule has 0 saturated carbocycles. The van der Waals surface area contributed by atoms with Gasteiger partial charge in [-0.05, 0) is 29.5 Å². The maximum Gasteiger partial charge on any atom is 0.144 e. The van der Waals surface area contributed by atoms with Gasteiger partial charge in [0.2, 0.25) is 0 Å². The minimum atomic E-state index is -0.437. The normalized spacial score (nSPS) is 11.4. The van der Waals surface area contributed by atoms with E-state index in [0.717, 1.165) is 17.8 Å². The smallest absolute Gasteiger partial charge is 0.144 e. The van der Waals surface area contributed by atoms with Crippen LogP contribution in [0, 0.1) is 5.82 Å². The molecule has 0 bridgehead atoms. The fraction of sp³-hybridized carbons (Fsp3) is 0.267. The van der Waals surface area contributed by atoms with Gasteiger partial charge < -0.3 is 4.57 Å². The van der Waals surface area contributed by atoms with Crippen molar-refractivity contribution in [2.75, 3.05) is 0 Å². The molecule has 2 aromatic heterocycles. The predicted molar refractivity (Wildman–Crippen MR) is 87.1 cm³/mol. The van der Waals surface area contributed by atoms with Crippen molar-refractivity contribution in [2.45, 2.75) is 25.8 Å². The van der Waals surface area contributed by atoms with Crippen molar-refractivity contribution in [1.29, 1.82) is 0 Å². The Balaban J connectivity index is 2.14. The van der Waals surface area contributed by atoms with E-state index >= 15 is 0 Å². The van der Waals surface area contributed by atoms with E-state index in [4.69, 9.17) is 23.2 Å². The van der Waals surface area contributed by atoms with Crippen LogP contribution in [0.25, 0.3) is 11.0 Å². The molecule has 1 aromatic carbocycles. The second-order valence-corrected chi connectivity index (χ2v) is 6.40. The summed E-state index contributed by atoms with van der Waals surface area (Å²) in [6, 6.07) is 5.10. The Morgan fingerprint density at radius 1 is 1.38 bits per heavy atom. The van der Waals surface area contributed by atoms with E-state index in [1.54, 1.807) is 17.4 Å². The topological polar surface area (TPSA) is 17.8 Å². The molecule has 21 heavy (non-hydrogen) atoms. The lowest BCUT2D eigenvalue weighted by Gasteiger charge is -2.08. The van der Waals surface area contributed by atoms with Crippen molar-refractivity contribution < 1.29 is 4.39 Å². The zero-order valence-electron chi connectivity index (χ0n) is 11.4. The van der Waals surface area contributed by atoms with Crippen molar-refractivity contribution >= 4 is 45.6 Å². The average molecular weight is 343 g/mol. The van der Waals surface area contributed by atoms with E-state index in [1.807, 2.05) is 4.57 Å². The van der Waals surface area contributed by atoms with Gasteiger partial charge >= 0.3 is 0 Å². The first-order valence-corrected chi connectivity index (χ1v) is 8.38. The van der Waals surface area contributed by atoms with Crippen LogP contribution in [0.3, 0.4) is 0 Å². The molecule has 0 aliphatic rings. The van der Waals surface area contributed by atoms with Gasteiger partial charge in [0.1, 0.15) is 11.6 Å². The standard InChI is InChI=1S/C15H13Cl2FN2S/c1-2-9-3-4-21-14(9)8-20-13-6-11(18)10(17)5-12(13)19-15(20)7-16/h3-6H,2,7-8H2,1H3. The Labute approximate surface area is 136 Å². The van der Waals surface area contributed by atoms with Crippen LogP contribution < -0.4 is 0 Å². The monoisotopic (exact) mass is 342 g/mol. The van der Waals surface area contributed by atoms with Gasteiger partial charge in [0.05, 0.1) is 28.5 Å². The summed E-state index contributed by atoms with van der Waals surface area (Å²) in [5.74, 6) is 0.568. The van der Waals surface area contributed by atoms with Crippen molar-refractivity contribution in [3.8, 4) is 0 Å². The third-order valence-corrected chi connectivity index (χ3v) is 4.99. The first kappa shape index (κ1) is 14.8. The highest BCUT2D eigenvalue weighted by Crippen LogP contribution is 2.27. The molecular formula is C15H13Cl2FN2S. The van der Waals surface area contributed by atoms with Crippen molar-refractivity contribution in [1.82, 2.24) is 9.55 Å². The summed E-state index contributed by atoms with van der Waals surface area (Å²) >= 11 is 13.5. The lowest BCUT2D eigenvalue weighted by atomic mass is 10.2. The molecule has 2 nitrogen and oxygen atoms in total. The number of benzene rings is 1. The Hall–Kier alpha value is -1.10. The zero-order chi connectivity index (χ0) is 15.0. The van der Waals surface area contributed by atoms with Crippen LogP contribution in [-0.4, -0.2) is 9.55 Å². The van der Waals surface area contributed by atoms with Crippen molar-refractivity contribution in [3.05, 3.63) is 50.7 Å². The van der Waals surface area contributed by atoms with Crippen molar-refractivity contribution in [3.63, 3.8) is 0 Å². The Kier molecular flexibility index (Phi) is 4.20. The van der Waals surface area contributed by atoms with E-state index < -0.39 is 5.82 Å². The fourth-order valence-electron chi connectivity index (χ4n) is 2.41. The number of alkyl halides is 1. The lowest BCUT2D eigenvalue weighted by molar-refractivity contribution is 0.628. The number of imidazole rings is 1. The molecular weight excluding hydrogens is 330 g/mol. The zero-order valence-corrected chi connectivity index (χ0v) is 13.7. The SMILES string of the molecule is CCc1ccsc1Cn1c(CCl)nc2cc(Cl)c(F)cc21. The molecule has 3 aromatic rings. The van der Waals surface area contributed by atoms with Gasteiger partial charge in [0, 0.05) is 10.9 Å². The first-order valence-electron chi connectivity index (χ1n) is 6.59. The molecule has 110 valence electrons. The Bertz CT molecular complexity index is 794. The number of aromatic nitrogens is 2. The number of hydrogen-bond acceptors (Lipinski definition) is 2. The van der Waals surface area contributed by atoms with Crippen LogP contribution in [0.1, 0.15) is 23.2 Å². The third-order valence-electron chi connectivity index (χ3n) is 3.51. The van der Waals surface area contributed by atoms with Crippen molar-refractivity contribution in [2.24, 2.45) is 0 Å². The highest BCUT2D eigenvalue weighted by molar-refractivity contribution is 7.10. The van der Waals surface area contributed by atoms with Crippen LogP contribution in [0.2, 0.25) is 5.02 Å². The van der Waals surface area contributed by atoms with Gasteiger partial charge in [0.25, 0.3) is 0 Å². The summed E-state index contributed by atoms with van der Waals surface area (Å²) in [6.45, 7) is 2.78. The second-order valence-electron chi connectivity index (χ2n) is 4.73. The van der Waals surface area contributed by atoms with Gasteiger partial charge in [0.15, 0.2) is 0 Å². The largest absolute Gasteiger partial charge is 0.322 e. The minimum Gasteiger partial charge on any atom is -0.322 e. The molecule has 0 saturated heterocycles. The first-order chi connectivity index (χ1) is 10.1. The number of fused-ring (bicyclic) bond motifs is 1. The molecule has 0 N–H and O–H groups in total. The molecule has 0 atom stereocenters. The Morgan fingerprint density at radius 3 is 2.90 bits per heavy atom. The average Bonchev–Trinajstić information content (AvgIpc) is 3.05. The van der Waals surface area contributed by atoms with Crippen LogP contribution in [0.4, 0.5) is 4.39 Å². The molecule has 0 fully saturated rings. The summed E-state index contributed by atoms with van der Waals surface area (Å²) in [7, 11) is 0. The van der Waals surface area contributed by atoms with E-state index in [-0.39, 0.29) is 10.9 Å². The summed E-state index contributed by atoms with van der Waals surface area (Å²) in [4.78, 5) is 5.70. The van der Waals surface area contributed by atoms with Crippen LogP contribution in [-0.2, 0) is 18.8 Å². The summed E-state index contributed by atoms with van der Waals surface area (Å²) in [5.41, 5.74) is 2.70. The summed E-state index contributed by atoms with van der Waals surface area (Å²) in [5, 5.41) is 2.16. The molecule has 0 unspecified atom stereocenters. The minimum absolute atomic E-state index is 0.0821. The lowest BCUT2D eigenvalue weighted by Crippen LogP contribution is -2.04. The van der Waals surface area contributed by atoms with Gasteiger partial charge in [-0.3, -0.25) is 0 Å². The summed E-state index contributed by atoms with van der Waals surface area (Å²) < 4.78 is 15.7. The highest BCUT2D eigenvalue weighted by Gasteiger charge is 2.15. The van der Waals surface area contributed by atoms with Crippen LogP contribution in [0.15, 0.2) is 23.6 Å². The van der Waals surface area contributed by atoms with E-state index in [0.29, 0.717) is 12.1 Å². The van der Waals surface area contributed by atoms with E-state index in [2.05, 4.69) is 23.4 Å². The number of nitrogens with zero attached hydrogens (tertiary/aromatic N) is 2. The van der Waals surface area contributed by atoms with Gasteiger partial charge in [-0.15, -0.1) is 22.9 Å². The molecule has 0 radical (unpaired) electrons. The molecule has 6 heteroatoms. The molecule has 0 aliphatic carbocycles. The molecule has 0 aliphatic heterocycles. The number of aryl methyl sites for hydroxylation is 1. The fourth-order valence-corrected chi connectivity index (χ4v) is 3.74. The summed E-state index contributed by atoms with van der Waals surface area (Å²) in [6.07, 6.45) is 0.974. The van der Waals surface area contributed by atoms with E-state index in [9.17, 15) is 4.39 Å². The molecule has 2 heterocycles. The van der Waals surface area contributed by atoms with Gasteiger partial charge in [-0.2, -0.15) is 0 Å². The van der Waals surface area contributed by atoms with Gasteiger partial charge in [-0.1, -0.05) is 18.5 Å². The number of rotatable bonds is 4.